The summed E-state index contributed by atoms with van der Waals surface area (Å²) in [7, 11) is 0. The van der Waals surface area contributed by atoms with Crippen LogP contribution in [0.25, 0.3) is 10.8 Å². The van der Waals surface area contributed by atoms with Crippen molar-refractivity contribution in [3.8, 4) is 5.75 Å². The molecule has 4 heterocycles. The highest BCUT2D eigenvalue weighted by Crippen LogP contribution is 2.26. The summed E-state index contributed by atoms with van der Waals surface area (Å²) in [5.41, 5.74) is -0.195. The van der Waals surface area contributed by atoms with Gasteiger partial charge in [0.1, 0.15) is 29.8 Å². The number of aliphatic hydroxyl groups excluding tert-OH is 1. The summed E-state index contributed by atoms with van der Waals surface area (Å²) < 4.78 is 7.26. The summed E-state index contributed by atoms with van der Waals surface area (Å²) >= 11 is 0. The van der Waals surface area contributed by atoms with Crippen molar-refractivity contribution in [3.63, 3.8) is 0 Å². The highest BCUT2D eigenvalue weighted by Gasteiger charge is 2.16. The van der Waals surface area contributed by atoms with Crippen LogP contribution in [-0.2, 0) is 6.54 Å². The SMILES string of the molecule is C[C@H]1COc2ccnc(c2)Nc2cc3ccn(CCO)c(=O)c3c(n2)N1. The number of aliphatic hydroxyl groups is 1. The minimum Gasteiger partial charge on any atom is -0.491 e. The third kappa shape index (κ3) is 3.06. The lowest BCUT2D eigenvalue weighted by Crippen LogP contribution is -2.27. The van der Waals surface area contributed by atoms with Gasteiger partial charge in [-0.3, -0.25) is 4.79 Å². The lowest BCUT2D eigenvalue weighted by Gasteiger charge is -2.17. The van der Waals surface area contributed by atoms with Crippen molar-refractivity contribution in [2.75, 3.05) is 23.8 Å². The third-order valence-electron chi connectivity index (χ3n) is 4.17. The number of hydrogen-bond donors (Lipinski definition) is 3. The van der Waals surface area contributed by atoms with Crippen molar-refractivity contribution in [1.82, 2.24) is 14.5 Å². The van der Waals surface area contributed by atoms with Crippen LogP contribution < -0.4 is 20.9 Å². The number of anilines is 3. The zero-order valence-corrected chi connectivity index (χ0v) is 14.3. The summed E-state index contributed by atoms with van der Waals surface area (Å²) in [5, 5.41) is 16.8. The lowest BCUT2D eigenvalue weighted by molar-refractivity contribution is 0.274. The Balaban J connectivity index is 1.90. The van der Waals surface area contributed by atoms with Crippen LogP contribution in [0, 0.1) is 0 Å². The topological polar surface area (TPSA) is 101 Å². The molecule has 3 aromatic heterocycles. The molecule has 0 amide bonds. The van der Waals surface area contributed by atoms with Crippen LogP contribution in [0.1, 0.15) is 6.92 Å². The van der Waals surface area contributed by atoms with Gasteiger partial charge in [-0.05, 0) is 30.5 Å². The molecule has 1 aliphatic rings. The minimum atomic E-state index is -0.195. The van der Waals surface area contributed by atoms with E-state index in [4.69, 9.17) is 9.84 Å². The molecule has 0 fully saturated rings. The highest BCUT2D eigenvalue weighted by atomic mass is 16.5. The number of ether oxygens (including phenoxy) is 1. The van der Waals surface area contributed by atoms with Gasteiger partial charge in [-0.15, -0.1) is 0 Å². The lowest BCUT2D eigenvalue weighted by atomic mass is 10.2. The van der Waals surface area contributed by atoms with Crippen LogP contribution in [0.15, 0.2) is 41.5 Å². The van der Waals surface area contributed by atoms with E-state index in [0.29, 0.717) is 35.2 Å². The molecule has 134 valence electrons. The summed E-state index contributed by atoms with van der Waals surface area (Å²) in [6.07, 6.45) is 3.35. The molecular formula is C18H19N5O3. The van der Waals surface area contributed by atoms with Crippen LogP contribution in [-0.4, -0.2) is 38.9 Å². The standard InChI is InChI=1S/C18H19N5O3/c1-11-10-26-13-2-4-19-14(9-13)21-15-8-12-3-5-23(6-7-24)18(25)16(12)17(20-11)22-15/h2-5,8-9,11,24H,6-7,10H2,1H3,(H2,19,20,21,22)/t11-/m0/s1. The second kappa shape index (κ2) is 6.64. The molecule has 0 aliphatic carbocycles. The van der Waals surface area contributed by atoms with E-state index in [0.717, 1.165) is 5.39 Å². The van der Waals surface area contributed by atoms with Crippen molar-refractivity contribution in [1.29, 1.82) is 0 Å². The molecule has 0 radical (unpaired) electrons. The Labute approximate surface area is 149 Å². The van der Waals surface area contributed by atoms with Crippen LogP contribution in [0.2, 0.25) is 0 Å². The van der Waals surface area contributed by atoms with Gasteiger partial charge in [-0.2, -0.15) is 0 Å². The Hall–Kier alpha value is -3.13. The molecule has 3 N–H and O–H groups in total. The fraction of sp³-hybridized carbons (Fsp3) is 0.278. The number of hydrogen-bond acceptors (Lipinski definition) is 7. The summed E-state index contributed by atoms with van der Waals surface area (Å²) in [5.74, 6) is 2.39. The second-order valence-corrected chi connectivity index (χ2v) is 6.22. The zero-order chi connectivity index (χ0) is 18.1. The second-order valence-electron chi connectivity index (χ2n) is 6.22. The molecule has 0 saturated carbocycles. The van der Waals surface area contributed by atoms with Gasteiger partial charge in [-0.1, -0.05) is 0 Å². The quantitative estimate of drug-likeness (QED) is 0.645. The van der Waals surface area contributed by atoms with Gasteiger partial charge in [0.05, 0.1) is 18.0 Å². The number of pyridine rings is 3. The molecule has 3 aromatic rings. The molecule has 8 heteroatoms. The van der Waals surface area contributed by atoms with Gasteiger partial charge in [0.15, 0.2) is 0 Å². The first-order valence-electron chi connectivity index (χ1n) is 8.41. The Kier molecular flexibility index (Phi) is 4.18. The van der Waals surface area contributed by atoms with Gasteiger partial charge in [0, 0.05) is 25.0 Å². The molecule has 0 saturated heterocycles. The maximum Gasteiger partial charge on any atom is 0.262 e. The Morgan fingerprint density at radius 1 is 1.35 bits per heavy atom. The molecule has 0 spiro atoms. The van der Waals surface area contributed by atoms with E-state index in [-0.39, 0.29) is 24.8 Å². The minimum absolute atomic E-state index is 0.0680. The van der Waals surface area contributed by atoms with Gasteiger partial charge in [0.2, 0.25) is 0 Å². The van der Waals surface area contributed by atoms with Crippen molar-refractivity contribution in [2.45, 2.75) is 19.5 Å². The number of rotatable bonds is 2. The fourth-order valence-electron chi connectivity index (χ4n) is 2.95. The smallest absolute Gasteiger partial charge is 0.262 e. The van der Waals surface area contributed by atoms with E-state index in [1.165, 1.54) is 4.57 Å². The fourth-order valence-corrected chi connectivity index (χ4v) is 2.95. The van der Waals surface area contributed by atoms with Gasteiger partial charge in [0.25, 0.3) is 5.56 Å². The van der Waals surface area contributed by atoms with Crippen LogP contribution in [0.4, 0.5) is 17.5 Å². The number of fused-ring (bicyclic) bond motifs is 6. The predicted octanol–water partition coefficient (Wildman–Crippen LogP) is 1.72. The predicted molar refractivity (Wildman–Crippen MR) is 99.2 cm³/mol. The first-order valence-corrected chi connectivity index (χ1v) is 8.41. The largest absolute Gasteiger partial charge is 0.491 e. The van der Waals surface area contributed by atoms with Crippen LogP contribution >= 0.6 is 0 Å². The first kappa shape index (κ1) is 16.3. The number of nitrogens with one attached hydrogen (secondary N) is 2. The average Bonchev–Trinajstić information content (AvgIpc) is 2.63. The maximum atomic E-state index is 12.8. The Bertz CT molecular complexity index is 1020. The molecule has 4 rings (SSSR count). The molecule has 0 aromatic carbocycles. The van der Waals surface area contributed by atoms with E-state index in [2.05, 4.69) is 20.6 Å². The molecule has 8 nitrogen and oxygen atoms in total. The normalized spacial score (nSPS) is 16.2. The molecule has 1 atom stereocenters. The van der Waals surface area contributed by atoms with E-state index in [9.17, 15) is 4.79 Å². The maximum absolute atomic E-state index is 12.8. The molecule has 1 aliphatic heterocycles. The number of nitrogens with zero attached hydrogens (tertiary/aromatic N) is 3. The van der Waals surface area contributed by atoms with E-state index in [1.54, 1.807) is 18.5 Å². The van der Waals surface area contributed by atoms with Crippen molar-refractivity contribution in [3.05, 3.63) is 47.0 Å². The Morgan fingerprint density at radius 3 is 3.08 bits per heavy atom. The summed E-state index contributed by atoms with van der Waals surface area (Å²) in [6, 6.07) is 7.19. The van der Waals surface area contributed by atoms with Crippen LogP contribution in [0.5, 0.6) is 5.75 Å². The van der Waals surface area contributed by atoms with E-state index >= 15 is 0 Å². The summed E-state index contributed by atoms with van der Waals surface area (Å²) in [6.45, 7) is 2.51. The average molecular weight is 353 g/mol. The van der Waals surface area contributed by atoms with Gasteiger partial charge < -0.3 is 25.0 Å². The summed E-state index contributed by atoms with van der Waals surface area (Å²) in [4.78, 5) is 21.7. The Morgan fingerprint density at radius 2 is 2.23 bits per heavy atom. The van der Waals surface area contributed by atoms with E-state index < -0.39 is 0 Å². The van der Waals surface area contributed by atoms with Crippen molar-refractivity contribution < 1.29 is 9.84 Å². The number of aromatic nitrogens is 3. The highest BCUT2D eigenvalue weighted by molar-refractivity contribution is 5.93. The van der Waals surface area contributed by atoms with Crippen LogP contribution in [0.3, 0.4) is 0 Å². The van der Waals surface area contributed by atoms with Crippen molar-refractivity contribution >= 4 is 28.2 Å². The zero-order valence-electron chi connectivity index (χ0n) is 14.3. The van der Waals surface area contributed by atoms with E-state index in [1.807, 2.05) is 25.1 Å². The van der Waals surface area contributed by atoms with Gasteiger partial charge in [-0.25, -0.2) is 9.97 Å². The molecule has 4 bridgehead atoms. The first-order chi connectivity index (χ1) is 12.6. The molecule has 26 heavy (non-hydrogen) atoms. The monoisotopic (exact) mass is 353 g/mol. The van der Waals surface area contributed by atoms with Crippen molar-refractivity contribution in [2.24, 2.45) is 0 Å². The molecular weight excluding hydrogens is 334 g/mol. The third-order valence-corrected chi connectivity index (χ3v) is 4.17. The van der Waals surface area contributed by atoms with Gasteiger partial charge >= 0.3 is 0 Å². The molecule has 0 unspecified atom stereocenters.